The first-order chi connectivity index (χ1) is 13.1. The van der Waals surface area contributed by atoms with Gasteiger partial charge < -0.3 is 16.0 Å². The van der Waals surface area contributed by atoms with Crippen LogP contribution in [0.15, 0.2) is 42.5 Å². The standard InChI is InChI=1S/C22H29N3O2/c1-2-7-21(26)25-13-6-5-10-20(25)22(27)24-19(15-23)18-12-11-16-8-3-4-9-17(16)14-18/h3-4,8-9,11-12,14,19-20H,2,5-7,10,13,15,23H2,1H3,(H,24,27). The lowest BCUT2D eigenvalue weighted by molar-refractivity contribution is -0.142. The van der Waals surface area contributed by atoms with Gasteiger partial charge in [0.15, 0.2) is 0 Å². The highest BCUT2D eigenvalue weighted by atomic mass is 16.2. The molecule has 0 spiro atoms. The van der Waals surface area contributed by atoms with Gasteiger partial charge in [0.05, 0.1) is 6.04 Å². The molecule has 2 amide bonds. The van der Waals surface area contributed by atoms with Crippen LogP contribution in [-0.4, -0.2) is 35.8 Å². The zero-order chi connectivity index (χ0) is 19.2. The van der Waals surface area contributed by atoms with E-state index in [0.29, 0.717) is 19.5 Å². The van der Waals surface area contributed by atoms with Crippen molar-refractivity contribution < 1.29 is 9.59 Å². The number of likely N-dealkylation sites (tertiary alicyclic amines) is 1. The summed E-state index contributed by atoms with van der Waals surface area (Å²) < 4.78 is 0. The van der Waals surface area contributed by atoms with E-state index in [1.54, 1.807) is 4.90 Å². The molecule has 1 aliphatic rings. The molecular formula is C22H29N3O2. The van der Waals surface area contributed by atoms with E-state index in [1.807, 2.05) is 25.1 Å². The Morgan fingerprint density at radius 2 is 1.96 bits per heavy atom. The van der Waals surface area contributed by atoms with Gasteiger partial charge in [-0.15, -0.1) is 0 Å². The largest absolute Gasteiger partial charge is 0.346 e. The Kier molecular flexibility index (Phi) is 6.45. The van der Waals surface area contributed by atoms with E-state index in [0.717, 1.165) is 42.0 Å². The van der Waals surface area contributed by atoms with Gasteiger partial charge >= 0.3 is 0 Å². The summed E-state index contributed by atoms with van der Waals surface area (Å²) in [6, 6.07) is 13.6. The number of piperidine rings is 1. The van der Waals surface area contributed by atoms with E-state index in [9.17, 15) is 9.59 Å². The molecule has 0 bridgehead atoms. The van der Waals surface area contributed by atoms with E-state index in [4.69, 9.17) is 5.73 Å². The smallest absolute Gasteiger partial charge is 0.243 e. The van der Waals surface area contributed by atoms with Crippen molar-refractivity contribution in [3.63, 3.8) is 0 Å². The minimum Gasteiger partial charge on any atom is -0.346 e. The molecule has 0 aliphatic carbocycles. The van der Waals surface area contributed by atoms with Gasteiger partial charge in [-0.3, -0.25) is 9.59 Å². The van der Waals surface area contributed by atoms with Gasteiger partial charge in [-0.05, 0) is 48.1 Å². The van der Waals surface area contributed by atoms with Gasteiger partial charge in [0.2, 0.25) is 11.8 Å². The van der Waals surface area contributed by atoms with Crippen LogP contribution in [0.3, 0.4) is 0 Å². The monoisotopic (exact) mass is 367 g/mol. The summed E-state index contributed by atoms with van der Waals surface area (Å²) in [6.07, 6.45) is 3.94. The fourth-order valence-electron chi connectivity index (χ4n) is 3.83. The molecule has 3 rings (SSSR count). The fourth-order valence-corrected chi connectivity index (χ4v) is 3.83. The number of nitrogens with zero attached hydrogens (tertiary/aromatic N) is 1. The normalized spacial score (nSPS) is 18.3. The maximum absolute atomic E-state index is 13.0. The average Bonchev–Trinajstić information content (AvgIpc) is 2.71. The zero-order valence-electron chi connectivity index (χ0n) is 16.0. The van der Waals surface area contributed by atoms with Gasteiger partial charge in [0, 0.05) is 19.5 Å². The summed E-state index contributed by atoms with van der Waals surface area (Å²) in [5.41, 5.74) is 6.97. The zero-order valence-corrected chi connectivity index (χ0v) is 16.0. The van der Waals surface area contributed by atoms with E-state index < -0.39 is 0 Å². The molecule has 5 heteroatoms. The maximum atomic E-state index is 13.0. The molecule has 2 unspecified atom stereocenters. The summed E-state index contributed by atoms with van der Waals surface area (Å²) in [5.74, 6) is -0.0184. The topological polar surface area (TPSA) is 75.4 Å². The van der Waals surface area contributed by atoms with E-state index >= 15 is 0 Å². The van der Waals surface area contributed by atoms with E-state index in [-0.39, 0.29) is 23.9 Å². The van der Waals surface area contributed by atoms with Crippen LogP contribution in [0.4, 0.5) is 0 Å². The molecule has 5 nitrogen and oxygen atoms in total. The van der Waals surface area contributed by atoms with Crippen molar-refractivity contribution in [3.05, 3.63) is 48.0 Å². The second-order valence-corrected chi connectivity index (χ2v) is 7.25. The molecule has 27 heavy (non-hydrogen) atoms. The van der Waals surface area contributed by atoms with Crippen molar-refractivity contribution >= 4 is 22.6 Å². The lowest BCUT2D eigenvalue weighted by Crippen LogP contribution is -2.53. The van der Waals surface area contributed by atoms with Gasteiger partial charge in [0.1, 0.15) is 6.04 Å². The molecule has 1 heterocycles. The van der Waals surface area contributed by atoms with Gasteiger partial charge in [0.25, 0.3) is 0 Å². The number of hydrogen-bond acceptors (Lipinski definition) is 3. The van der Waals surface area contributed by atoms with Crippen molar-refractivity contribution in [1.82, 2.24) is 10.2 Å². The summed E-state index contributed by atoms with van der Waals surface area (Å²) in [5, 5.41) is 5.37. The second kappa shape index (κ2) is 9.00. The number of nitrogens with two attached hydrogens (primary N) is 1. The lowest BCUT2D eigenvalue weighted by atomic mass is 9.98. The van der Waals surface area contributed by atoms with Crippen molar-refractivity contribution in [2.45, 2.75) is 51.1 Å². The highest BCUT2D eigenvalue weighted by Crippen LogP contribution is 2.22. The summed E-state index contributed by atoms with van der Waals surface area (Å²) in [6.45, 7) is 2.97. The molecule has 0 radical (unpaired) electrons. The predicted octanol–water partition coefficient (Wildman–Crippen LogP) is 3.14. The molecule has 144 valence electrons. The summed E-state index contributed by atoms with van der Waals surface area (Å²) in [7, 11) is 0. The molecule has 0 aromatic heterocycles. The SMILES string of the molecule is CCCC(=O)N1CCCCC1C(=O)NC(CN)c1ccc2ccccc2c1. The van der Waals surface area contributed by atoms with Crippen molar-refractivity contribution in [2.24, 2.45) is 5.73 Å². The first-order valence-electron chi connectivity index (χ1n) is 9.92. The molecule has 2 atom stereocenters. The lowest BCUT2D eigenvalue weighted by Gasteiger charge is -2.35. The van der Waals surface area contributed by atoms with Crippen molar-refractivity contribution in [1.29, 1.82) is 0 Å². The third-order valence-electron chi connectivity index (χ3n) is 5.32. The highest BCUT2D eigenvalue weighted by molar-refractivity contribution is 5.88. The fraction of sp³-hybridized carbons (Fsp3) is 0.455. The molecule has 3 N–H and O–H groups in total. The number of amides is 2. The minimum atomic E-state index is -0.382. The quantitative estimate of drug-likeness (QED) is 0.824. The average molecular weight is 367 g/mol. The van der Waals surface area contributed by atoms with Crippen LogP contribution in [0.25, 0.3) is 10.8 Å². The number of rotatable bonds is 6. The van der Waals surface area contributed by atoms with Crippen molar-refractivity contribution in [3.8, 4) is 0 Å². The van der Waals surface area contributed by atoms with Crippen LogP contribution in [0.2, 0.25) is 0 Å². The molecule has 0 saturated carbocycles. The van der Waals surface area contributed by atoms with Crippen LogP contribution >= 0.6 is 0 Å². The summed E-state index contributed by atoms with van der Waals surface area (Å²) in [4.78, 5) is 27.1. The first-order valence-corrected chi connectivity index (χ1v) is 9.92. The Morgan fingerprint density at radius 3 is 2.70 bits per heavy atom. The predicted molar refractivity (Wildman–Crippen MR) is 108 cm³/mol. The van der Waals surface area contributed by atoms with E-state index in [1.165, 1.54) is 0 Å². The Bertz CT molecular complexity index is 805. The van der Waals surface area contributed by atoms with Gasteiger partial charge in [-0.25, -0.2) is 0 Å². The van der Waals surface area contributed by atoms with Crippen LogP contribution < -0.4 is 11.1 Å². The molecule has 1 fully saturated rings. The Labute approximate surface area is 160 Å². The molecular weight excluding hydrogens is 338 g/mol. The molecule has 1 saturated heterocycles. The third-order valence-corrected chi connectivity index (χ3v) is 5.32. The highest BCUT2D eigenvalue weighted by Gasteiger charge is 2.32. The molecule has 2 aromatic carbocycles. The minimum absolute atomic E-state index is 0.0763. The summed E-state index contributed by atoms with van der Waals surface area (Å²) >= 11 is 0. The van der Waals surface area contributed by atoms with Crippen molar-refractivity contribution in [2.75, 3.05) is 13.1 Å². The number of carbonyl (C=O) groups excluding carboxylic acids is 2. The third kappa shape index (κ3) is 4.48. The number of nitrogens with one attached hydrogen (secondary N) is 1. The van der Waals surface area contributed by atoms with Crippen LogP contribution in [-0.2, 0) is 9.59 Å². The Balaban J connectivity index is 1.75. The Hall–Kier alpha value is -2.40. The molecule has 2 aromatic rings. The number of benzene rings is 2. The number of carbonyl (C=O) groups is 2. The second-order valence-electron chi connectivity index (χ2n) is 7.25. The number of hydrogen-bond donors (Lipinski definition) is 2. The first kappa shape index (κ1) is 19.4. The molecule has 1 aliphatic heterocycles. The van der Waals surface area contributed by atoms with Gasteiger partial charge in [-0.1, -0.05) is 43.3 Å². The maximum Gasteiger partial charge on any atom is 0.243 e. The van der Waals surface area contributed by atoms with E-state index in [2.05, 4.69) is 29.6 Å². The number of fused-ring (bicyclic) bond motifs is 1. The Morgan fingerprint density at radius 1 is 1.19 bits per heavy atom. The van der Waals surface area contributed by atoms with Crippen LogP contribution in [0.5, 0.6) is 0 Å². The van der Waals surface area contributed by atoms with Crippen LogP contribution in [0.1, 0.15) is 50.6 Å². The van der Waals surface area contributed by atoms with Gasteiger partial charge in [-0.2, -0.15) is 0 Å². The van der Waals surface area contributed by atoms with Crippen LogP contribution in [0, 0.1) is 0 Å².